The monoisotopic (exact) mass is 257 g/mol. The maximum atomic E-state index is 13.7. The van der Waals surface area contributed by atoms with Crippen molar-refractivity contribution in [2.45, 2.75) is 32.7 Å². The summed E-state index contributed by atoms with van der Waals surface area (Å²) >= 11 is 0. The Bertz CT molecular complexity index is 406. The summed E-state index contributed by atoms with van der Waals surface area (Å²) in [6.07, 6.45) is 1.26. The molecular formula is C14H18F3N. The van der Waals surface area contributed by atoms with E-state index in [1.54, 1.807) is 6.92 Å². The molecule has 0 aliphatic heterocycles. The minimum absolute atomic E-state index is 0.118. The maximum absolute atomic E-state index is 13.7. The normalized spacial score (nSPS) is 12.5. The highest BCUT2D eigenvalue weighted by atomic mass is 19.1. The fourth-order valence-corrected chi connectivity index (χ4v) is 1.83. The summed E-state index contributed by atoms with van der Waals surface area (Å²) in [5.74, 6) is -2.62. The van der Waals surface area contributed by atoms with Gasteiger partial charge in [0, 0.05) is 23.7 Å². The van der Waals surface area contributed by atoms with E-state index in [-0.39, 0.29) is 5.56 Å². The number of nitrogens with one attached hydrogen (secondary N) is 1. The van der Waals surface area contributed by atoms with Crippen molar-refractivity contribution in [1.82, 2.24) is 5.32 Å². The van der Waals surface area contributed by atoms with Gasteiger partial charge in [0.25, 0.3) is 0 Å². The van der Waals surface area contributed by atoms with E-state index in [0.29, 0.717) is 25.1 Å². The van der Waals surface area contributed by atoms with Gasteiger partial charge in [-0.05, 0) is 26.3 Å². The molecule has 1 aromatic rings. The van der Waals surface area contributed by atoms with Gasteiger partial charge in [0.05, 0.1) is 0 Å². The Morgan fingerprint density at radius 2 is 1.83 bits per heavy atom. The van der Waals surface area contributed by atoms with Gasteiger partial charge < -0.3 is 5.32 Å². The first kappa shape index (κ1) is 14.8. The van der Waals surface area contributed by atoms with E-state index in [1.165, 1.54) is 0 Å². The molecule has 1 atom stereocenters. The third-order valence-electron chi connectivity index (χ3n) is 2.59. The van der Waals surface area contributed by atoms with Crippen molar-refractivity contribution < 1.29 is 13.2 Å². The predicted octanol–water partition coefficient (Wildman–Crippen LogP) is 4.11. The minimum atomic E-state index is -0.904. The van der Waals surface area contributed by atoms with Crippen molar-refractivity contribution in [2.75, 3.05) is 6.54 Å². The fraction of sp³-hybridized carbons (Fsp3) is 0.429. The molecule has 0 fully saturated rings. The summed E-state index contributed by atoms with van der Waals surface area (Å²) in [6, 6.07) is 0.901. The van der Waals surface area contributed by atoms with Crippen LogP contribution in [0.3, 0.4) is 0 Å². The molecular weight excluding hydrogens is 239 g/mol. The molecule has 0 bridgehead atoms. The van der Waals surface area contributed by atoms with E-state index >= 15 is 0 Å². The van der Waals surface area contributed by atoms with Crippen LogP contribution in [0.5, 0.6) is 0 Å². The number of rotatable bonds is 6. The summed E-state index contributed by atoms with van der Waals surface area (Å²) in [5.41, 5.74) is 0.694. The second-order valence-electron chi connectivity index (χ2n) is 4.45. The Balaban J connectivity index is 3.07. The standard InChI is InChI=1S/C14H18F3N/c1-4-5-18-13(6-9(2)3)14-11(16)7-10(15)8-12(14)17/h7-8,13,18H,2,4-6H2,1,3H3. The third kappa shape index (κ3) is 3.88. The molecule has 0 aromatic heterocycles. The lowest BCUT2D eigenvalue weighted by Crippen LogP contribution is -2.24. The highest BCUT2D eigenvalue weighted by Gasteiger charge is 2.20. The molecule has 0 aliphatic carbocycles. The van der Waals surface area contributed by atoms with Crippen molar-refractivity contribution in [3.63, 3.8) is 0 Å². The van der Waals surface area contributed by atoms with Gasteiger partial charge in [0.2, 0.25) is 0 Å². The number of halogens is 3. The molecule has 0 saturated heterocycles. The molecule has 0 aliphatic rings. The average molecular weight is 257 g/mol. The molecule has 0 amide bonds. The van der Waals surface area contributed by atoms with Gasteiger partial charge in [0.1, 0.15) is 17.5 Å². The highest BCUT2D eigenvalue weighted by molar-refractivity contribution is 5.25. The van der Waals surface area contributed by atoms with Gasteiger partial charge >= 0.3 is 0 Å². The van der Waals surface area contributed by atoms with Crippen LogP contribution in [0, 0.1) is 17.5 Å². The van der Waals surface area contributed by atoms with Gasteiger partial charge in [-0.3, -0.25) is 0 Å². The van der Waals surface area contributed by atoms with Crippen LogP contribution in [0.1, 0.15) is 38.3 Å². The second-order valence-corrected chi connectivity index (χ2v) is 4.45. The molecule has 1 nitrogen and oxygen atoms in total. The van der Waals surface area contributed by atoms with E-state index in [4.69, 9.17) is 0 Å². The first-order valence-corrected chi connectivity index (χ1v) is 5.98. The van der Waals surface area contributed by atoms with Crippen LogP contribution in [-0.2, 0) is 0 Å². The lowest BCUT2D eigenvalue weighted by atomic mass is 9.99. The fourth-order valence-electron chi connectivity index (χ4n) is 1.83. The minimum Gasteiger partial charge on any atom is -0.309 e. The van der Waals surface area contributed by atoms with Crippen molar-refractivity contribution in [1.29, 1.82) is 0 Å². The van der Waals surface area contributed by atoms with Crippen molar-refractivity contribution in [2.24, 2.45) is 0 Å². The first-order valence-electron chi connectivity index (χ1n) is 5.98. The van der Waals surface area contributed by atoms with Crippen molar-refractivity contribution in [3.05, 3.63) is 47.3 Å². The largest absolute Gasteiger partial charge is 0.309 e. The molecule has 100 valence electrons. The summed E-state index contributed by atoms with van der Waals surface area (Å²) in [5, 5.41) is 3.05. The summed E-state index contributed by atoms with van der Waals surface area (Å²) in [4.78, 5) is 0. The Morgan fingerprint density at radius 3 is 2.28 bits per heavy atom. The summed E-state index contributed by atoms with van der Waals surface area (Å²) in [7, 11) is 0. The van der Waals surface area contributed by atoms with Gasteiger partial charge in [-0.2, -0.15) is 0 Å². The van der Waals surface area contributed by atoms with Crippen LogP contribution in [0.15, 0.2) is 24.3 Å². The smallest absolute Gasteiger partial charge is 0.133 e. The molecule has 0 radical (unpaired) electrons. The van der Waals surface area contributed by atoms with E-state index in [2.05, 4.69) is 11.9 Å². The molecule has 1 unspecified atom stereocenters. The van der Waals surface area contributed by atoms with E-state index in [1.807, 2.05) is 6.92 Å². The second kappa shape index (κ2) is 6.59. The Morgan fingerprint density at radius 1 is 1.28 bits per heavy atom. The zero-order chi connectivity index (χ0) is 13.7. The third-order valence-corrected chi connectivity index (χ3v) is 2.59. The van der Waals surface area contributed by atoms with Crippen molar-refractivity contribution >= 4 is 0 Å². The maximum Gasteiger partial charge on any atom is 0.133 e. The lowest BCUT2D eigenvalue weighted by Gasteiger charge is -2.20. The molecule has 1 rings (SSSR count). The molecule has 4 heteroatoms. The van der Waals surface area contributed by atoms with Crippen LogP contribution in [0.2, 0.25) is 0 Å². The summed E-state index contributed by atoms with van der Waals surface area (Å²) < 4.78 is 40.2. The number of hydrogen-bond donors (Lipinski definition) is 1. The van der Waals surface area contributed by atoms with Crippen LogP contribution in [-0.4, -0.2) is 6.54 Å². The molecule has 1 aromatic carbocycles. The van der Waals surface area contributed by atoms with E-state index in [0.717, 1.165) is 12.0 Å². The number of benzene rings is 1. The Kier molecular flexibility index (Phi) is 5.41. The summed E-state index contributed by atoms with van der Waals surface area (Å²) in [6.45, 7) is 8.13. The first-order chi connectivity index (χ1) is 8.45. The van der Waals surface area contributed by atoms with Gasteiger partial charge in [-0.15, -0.1) is 6.58 Å². The van der Waals surface area contributed by atoms with E-state index < -0.39 is 23.5 Å². The molecule has 0 spiro atoms. The van der Waals surface area contributed by atoms with Crippen molar-refractivity contribution in [3.8, 4) is 0 Å². The van der Waals surface area contributed by atoms with E-state index in [9.17, 15) is 13.2 Å². The topological polar surface area (TPSA) is 12.0 Å². The van der Waals surface area contributed by atoms with Crippen LogP contribution in [0.25, 0.3) is 0 Å². The Labute approximate surface area is 106 Å². The Hall–Kier alpha value is -1.29. The van der Waals surface area contributed by atoms with Crippen LogP contribution >= 0.6 is 0 Å². The highest BCUT2D eigenvalue weighted by Crippen LogP contribution is 2.26. The molecule has 18 heavy (non-hydrogen) atoms. The van der Waals surface area contributed by atoms with Crippen LogP contribution in [0.4, 0.5) is 13.2 Å². The van der Waals surface area contributed by atoms with Gasteiger partial charge in [0.15, 0.2) is 0 Å². The quantitative estimate of drug-likeness (QED) is 0.756. The van der Waals surface area contributed by atoms with Gasteiger partial charge in [-0.25, -0.2) is 13.2 Å². The number of hydrogen-bond acceptors (Lipinski definition) is 1. The van der Waals surface area contributed by atoms with Crippen LogP contribution < -0.4 is 5.32 Å². The zero-order valence-corrected chi connectivity index (χ0v) is 10.7. The van der Waals surface area contributed by atoms with Gasteiger partial charge in [-0.1, -0.05) is 12.5 Å². The SMILES string of the molecule is C=C(C)CC(NCCC)c1c(F)cc(F)cc1F. The molecule has 0 heterocycles. The average Bonchev–Trinajstić information content (AvgIpc) is 2.23. The molecule has 0 saturated carbocycles. The molecule has 1 N–H and O–H groups in total. The zero-order valence-electron chi connectivity index (χ0n) is 10.7. The predicted molar refractivity (Wildman–Crippen MR) is 66.8 cm³/mol. The lowest BCUT2D eigenvalue weighted by molar-refractivity contribution is 0.454.